The fourth-order valence-corrected chi connectivity index (χ4v) is 5.01. The van der Waals surface area contributed by atoms with E-state index in [1.165, 1.54) is 4.90 Å². The summed E-state index contributed by atoms with van der Waals surface area (Å²) in [4.78, 5) is 41.0. The van der Waals surface area contributed by atoms with E-state index in [4.69, 9.17) is 9.47 Å². The van der Waals surface area contributed by atoms with Gasteiger partial charge in [0, 0.05) is 47.1 Å². The van der Waals surface area contributed by atoms with Crippen molar-refractivity contribution >= 4 is 25.8 Å². The molecule has 0 unspecified atom stereocenters. The van der Waals surface area contributed by atoms with Crippen molar-refractivity contribution in [1.82, 2.24) is 9.80 Å². The van der Waals surface area contributed by atoms with Crippen molar-refractivity contribution in [1.29, 1.82) is 0 Å². The first-order valence-corrected chi connectivity index (χ1v) is 14.1. The maximum absolute atomic E-state index is 13.2. The van der Waals surface area contributed by atoms with Gasteiger partial charge in [-0.2, -0.15) is 0 Å². The SMILES string of the molecule is CC1(CN2C(=O)N(COCC[Si](C)(C)C)C(=O)[C@@]23CCOC3)CCC(=O)CC1. The molecule has 28 heavy (non-hydrogen) atoms. The molecule has 1 spiro atoms. The molecule has 158 valence electrons. The summed E-state index contributed by atoms with van der Waals surface area (Å²) in [5.41, 5.74) is -1.04. The zero-order chi connectivity index (χ0) is 20.6. The molecule has 1 aliphatic carbocycles. The number of urea groups is 1. The number of hydrogen-bond donors (Lipinski definition) is 0. The minimum atomic E-state index is -1.23. The summed E-state index contributed by atoms with van der Waals surface area (Å²) in [5, 5.41) is 0. The molecule has 0 bridgehead atoms. The predicted octanol–water partition coefficient (Wildman–Crippen LogP) is 2.87. The number of amides is 3. The highest BCUT2D eigenvalue weighted by Crippen LogP contribution is 2.42. The highest BCUT2D eigenvalue weighted by molar-refractivity contribution is 6.76. The molecule has 0 aromatic rings. The van der Waals surface area contributed by atoms with Gasteiger partial charge < -0.3 is 14.4 Å². The monoisotopic (exact) mass is 410 g/mol. The summed E-state index contributed by atoms with van der Waals surface area (Å²) in [7, 11) is -1.23. The molecule has 0 N–H and O–H groups in total. The number of carbonyl (C=O) groups excluding carboxylic acids is 3. The number of rotatable bonds is 7. The van der Waals surface area contributed by atoms with Crippen LogP contribution < -0.4 is 0 Å². The van der Waals surface area contributed by atoms with E-state index in [1.807, 2.05) is 0 Å². The van der Waals surface area contributed by atoms with Crippen LogP contribution in [0.4, 0.5) is 4.79 Å². The van der Waals surface area contributed by atoms with E-state index in [1.54, 1.807) is 4.90 Å². The van der Waals surface area contributed by atoms with E-state index in [2.05, 4.69) is 26.6 Å². The second kappa shape index (κ2) is 7.87. The molecule has 2 heterocycles. The Morgan fingerprint density at radius 3 is 2.36 bits per heavy atom. The Balaban J connectivity index is 1.70. The van der Waals surface area contributed by atoms with Crippen LogP contribution in [0.15, 0.2) is 0 Å². The van der Waals surface area contributed by atoms with Gasteiger partial charge in [0.2, 0.25) is 0 Å². The standard InChI is InChI=1S/C20H34N2O5Si/c1-19(7-5-16(23)6-8-19)13-22-18(25)21(15-27-11-12-28(2,3)4)17(24)20(22)9-10-26-14-20/h5-15H2,1-4H3/t20-/m0/s1. The first kappa shape index (κ1) is 21.5. The van der Waals surface area contributed by atoms with Crippen LogP contribution in [0.1, 0.15) is 39.0 Å². The van der Waals surface area contributed by atoms with Crippen molar-refractivity contribution in [3.63, 3.8) is 0 Å². The van der Waals surface area contributed by atoms with Crippen molar-refractivity contribution in [2.24, 2.45) is 5.41 Å². The number of hydrogen-bond acceptors (Lipinski definition) is 5. The van der Waals surface area contributed by atoms with Gasteiger partial charge in [-0.3, -0.25) is 9.59 Å². The van der Waals surface area contributed by atoms with Gasteiger partial charge in [0.1, 0.15) is 18.1 Å². The number of imide groups is 1. The van der Waals surface area contributed by atoms with Crippen LogP contribution in [0.2, 0.25) is 25.7 Å². The summed E-state index contributed by atoms with van der Waals surface area (Å²) in [5.74, 6) is 0.0936. The van der Waals surface area contributed by atoms with Crippen LogP contribution in [0.5, 0.6) is 0 Å². The molecular weight excluding hydrogens is 376 g/mol. The van der Waals surface area contributed by atoms with Crippen LogP contribution in [-0.4, -0.2) is 74.2 Å². The number of ether oxygens (including phenoxy) is 2. The molecule has 0 radical (unpaired) electrons. The Morgan fingerprint density at radius 1 is 1.11 bits per heavy atom. The van der Waals surface area contributed by atoms with Crippen LogP contribution in [-0.2, 0) is 19.1 Å². The summed E-state index contributed by atoms with van der Waals surface area (Å²) in [6.45, 7) is 10.7. The first-order chi connectivity index (χ1) is 13.1. The topological polar surface area (TPSA) is 76.2 Å². The zero-order valence-electron chi connectivity index (χ0n) is 17.7. The molecule has 1 saturated carbocycles. The molecule has 3 amide bonds. The quantitative estimate of drug-likeness (QED) is 0.366. The third-order valence-corrected chi connectivity index (χ3v) is 8.10. The van der Waals surface area contributed by atoms with E-state index < -0.39 is 13.6 Å². The third kappa shape index (κ3) is 4.33. The minimum absolute atomic E-state index is 0.00952. The first-order valence-electron chi connectivity index (χ1n) is 10.4. The number of Topliss-reactive ketones (excluding diaryl/α,β-unsaturated/α-hetero) is 1. The Hall–Kier alpha value is -1.25. The van der Waals surface area contributed by atoms with Gasteiger partial charge in [-0.1, -0.05) is 26.6 Å². The average molecular weight is 411 g/mol. The summed E-state index contributed by atoms with van der Waals surface area (Å²) < 4.78 is 11.3. The third-order valence-electron chi connectivity index (χ3n) is 6.39. The molecule has 0 aromatic heterocycles. The summed E-state index contributed by atoms with van der Waals surface area (Å²) in [6.07, 6.45) is 3.15. The van der Waals surface area contributed by atoms with Gasteiger partial charge >= 0.3 is 6.03 Å². The van der Waals surface area contributed by atoms with Gasteiger partial charge in [0.15, 0.2) is 0 Å². The lowest BCUT2D eigenvalue weighted by atomic mass is 9.74. The Bertz CT molecular complexity index is 629. The maximum Gasteiger partial charge on any atom is 0.329 e. The van der Waals surface area contributed by atoms with Crippen molar-refractivity contribution in [3.05, 3.63) is 0 Å². The molecule has 1 atom stereocenters. The van der Waals surface area contributed by atoms with Crippen LogP contribution in [0.25, 0.3) is 0 Å². The average Bonchev–Trinajstić information content (AvgIpc) is 3.17. The second-order valence-corrected chi connectivity index (χ2v) is 15.8. The number of carbonyl (C=O) groups is 3. The molecular formula is C20H34N2O5Si. The van der Waals surface area contributed by atoms with Crippen LogP contribution >= 0.6 is 0 Å². The molecule has 3 fully saturated rings. The lowest BCUT2D eigenvalue weighted by Crippen LogP contribution is -2.54. The fraction of sp³-hybridized carbons (Fsp3) is 0.850. The van der Waals surface area contributed by atoms with Crippen molar-refractivity contribution in [3.8, 4) is 0 Å². The van der Waals surface area contributed by atoms with E-state index in [9.17, 15) is 14.4 Å². The molecule has 8 heteroatoms. The van der Waals surface area contributed by atoms with Gasteiger partial charge in [-0.25, -0.2) is 9.69 Å². The maximum atomic E-state index is 13.2. The minimum Gasteiger partial charge on any atom is -0.378 e. The van der Waals surface area contributed by atoms with Gasteiger partial charge in [-0.05, 0) is 24.3 Å². The Morgan fingerprint density at radius 2 is 1.79 bits per heavy atom. The van der Waals surface area contributed by atoms with Gasteiger partial charge in [-0.15, -0.1) is 0 Å². The Kier molecular flexibility index (Phi) is 6.03. The second-order valence-electron chi connectivity index (χ2n) is 10.1. The molecule has 3 aliphatic rings. The Labute approximate surface area is 168 Å². The predicted molar refractivity (Wildman–Crippen MR) is 108 cm³/mol. The van der Waals surface area contributed by atoms with Crippen molar-refractivity contribution < 1.29 is 23.9 Å². The summed E-state index contributed by atoms with van der Waals surface area (Å²) in [6, 6.07) is 0.717. The number of ketones is 1. The molecule has 3 rings (SSSR count). The van der Waals surface area contributed by atoms with Crippen molar-refractivity contribution in [2.75, 3.05) is 33.1 Å². The molecule has 2 saturated heterocycles. The largest absolute Gasteiger partial charge is 0.378 e. The lowest BCUT2D eigenvalue weighted by molar-refractivity contribution is -0.137. The van der Waals surface area contributed by atoms with Crippen LogP contribution in [0.3, 0.4) is 0 Å². The normalized spacial score (nSPS) is 28.1. The van der Waals surface area contributed by atoms with E-state index >= 15 is 0 Å². The lowest BCUT2D eigenvalue weighted by Gasteiger charge is -2.40. The van der Waals surface area contributed by atoms with Crippen LogP contribution in [0, 0.1) is 5.41 Å². The molecule has 0 aromatic carbocycles. The smallest absolute Gasteiger partial charge is 0.329 e. The molecule has 7 nitrogen and oxygen atoms in total. The van der Waals surface area contributed by atoms with E-state index in [-0.39, 0.29) is 36.5 Å². The van der Waals surface area contributed by atoms with Crippen molar-refractivity contribution in [2.45, 2.75) is 70.3 Å². The number of nitrogens with zero attached hydrogens (tertiary/aromatic N) is 2. The van der Waals surface area contributed by atoms with E-state index in [0.29, 0.717) is 39.0 Å². The highest BCUT2D eigenvalue weighted by Gasteiger charge is 2.60. The highest BCUT2D eigenvalue weighted by atomic mass is 28.3. The molecule has 2 aliphatic heterocycles. The zero-order valence-corrected chi connectivity index (χ0v) is 18.7. The van der Waals surface area contributed by atoms with E-state index in [0.717, 1.165) is 18.9 Å². The summed E-state index contributed by atoms with van der Waals surface area (Å²) >= 11 is 0. The fourth-order valence-electron chi connectivity index (χ4n) is 4.26. The van der Waals surface area contributed by atoms with Gasteiger partial charge in [0.05, 0.1) is 6.61 Å². The van der Waals surface area contributed by atoms with Gasteiger partial charge in [0.25, 0.3) is 5.91 Å².